The van der Waals surface area contributed by atoms with E-state index < -0.39 is 0 Å². The van der Waals surface area contributed by atoms with Crippen molar-refractivity contribution in [1.82, 2.24) is 4.90 Å². The van der Waals surface area contributed by atoms with Crippen molar-refractivity contribution >= 4 is 5.78 Å². The summed E-state index contributed by atoms with van der Waals surface area (Å²) in [5.41, 5.74) is 8.70. The van der Waals surface area contributed by atoms with Gasteiger partial charge in [-0.25, -0.2) is 0 Å². The molecule has 32 heavy (non-hydrogen) atoms. The molecule has 2 nitrogen and oxygen atoms in total. The monoisotopic (exact) mass is 425 g/mol. The number of hydrogen-bond acceptors (Lipinski definition) is 2. The highest BCUT2D eigenvalue weighted by atomic mass is 16.1. The minimum Gasteiger partial charge on any atom is -0.351 e. The predicted octanol–water partition coefficient (Wildman–Crippen LogP) is 7.12. The molecule has 0 amide bonds. The minimum atomic E-state index is 0.0794. The van der Waals surface area contributed by atoms with Crippen molar-refractivity contribution in [1.29, 1.82) is 0 Å². The number of carbonyl (C=O) groups excluding carboxylic acids is 1. The van der Waals surface area contributed by atoms with Crippen LogP contribution in [0.3, 0.4) is 0 Å². The standard InChI is InChI=1S/C30H35NO/c1-8-12-17-29(14-9-2)31(7)21-20-26(10-3)15-13-16-27(23-30(32)11-4)28-19-18-24(5)25(6)22-28/h1,9,11-12,14,17-22,27H,2-4,13,15-16,23H2,5-7H3/b17-12-,21-20-,29-14+. The van der Waals surface area contributed by atoms with E-state index in [4.69, 9.17) is 6.42 Å². The van der Waals surface area contributed by atoms with E-state index in [1.165, 1.54) is 22.8 Å². The van der Waals surface area contributed by atoms with Crippen LogP contribution in [-0.2, 0) is 4.79 Å². The molecule has 1 atom stereocenters. The van der Waals surface area contributed by atoms with E-state index in [2.05, 4.69) is 63.4 Å². The molecule has 0 radical (unpaired) electrons. The third kappa shape index (κ3) is 9.09. The third-order valence-electron chi connectivity index (χ3n) is 5.45. The Labute approximate surface area is 194 Å². The lowest BCUT2D eigenvalue weighted by molar-refractivity contribution is -0.115. The normalized spacial score (nSPS) is 12.2. The second kappa shape index (κ2) is 14.5. The first-order chi connectivity index (χ1) is 15.4. The maximum Gasteiger partial charge on any atom is 0.155 e. The Morgan fingerprint density at radius 3 is 2.56 bits per heavy atom. The molecule has 1 unspecified atom stereocenters. The Morgan fingerprint density at radius 1 is 1.22 bits per heavy atom. The van der Waals surface area contributed by atoms with Gasteiger partial charge in [0.05, 0.1) is 0 Å². The molecule has 0 aliphatic carbocycles. The number of terminal acetylenes is 1. The lowest BCUT2D eigenvalue weighted by Crippen LogP contribution is -2.08. The average Bonchev–Trinajstić information content (AvgIpc) is 2.79. The predicted molar refractivity (Wildman–Crippen MR) is 138 cm³/mol. The first-order valence-electron chi connectivity index (χ1n) is 10.8. The van der Waals surface area contributed by atoms with Gasteiger partial charge in [0.2, 0.25) is 0 Å². The number of ketones is 1. The molecule has 0 saturated heterocycles. The molecule has 0 fully saturated rings. The zero-order chi connectivity index (χ0) is 23.9. The molecule has 0 heterocycles. The zero-order valence-electron chi connectivity index (χ0n) is 19.7. The molecular formula is C30H35NO. The average molecular weight is 426 g/mol. The Morgan fingerprint density at radius 2 is 1.97 bits per heavy atom. The van der Waals surface area contributed by atoms with Crippen LogP contribution in [0.2, 0.25) is 0 Å². The van der Waals surface area contributed by atoms with Gasteiger partial charge < -0.3 is 4.90 Å². The Kier molecular flexibility index (Phi) is 12.0. The second-order valence-corrected chi connectivity index (χ2v) is 7.76. The molecule has 0 N–H and O–H groups in total. The van der Waals surface area contributed by atoms with Gasteiger partial charge in [-0.05, 0) is 91.7 Å². The molecule has 2 heteroatoms. The van der Waals surface area contributed by atoms with Crippen LogP contribution in [0.1, 0.15) is 48.3 Å². The zero-order valence-corrected chi connectivity index (χ0v) is 19.7. The lowest BCUT2D eigenvalue weighted by Gasteiger charge is -2.18. The Balaban J connectivity index is 2.85. The van der Waals surface area contributed by atoms with Crippen LogP contribution in [0.4, 0.5) is 0 Å². The molecule has 166 valence electrons. The molecule has 1 aromatic rings. The van der Waals surface area contributed by atoms with Gasteiger partial charge in [-0.1, -0.05) is 49.9 Å². The van der Waals surface area contributed by atoms with Crippen molar-refractivity contribution in [2.75, 3.05) is 7.05 Å². The fraction of sp³-hybridized carbons (Fsp3) is 0.267. The number of rotatable bonds is 13. The van der Waals surface area contributed by atoms with Crippen molar-refractivity contribution in [2.24, 2.45) is 0 Å². The van der Waals surface area contributed by atoms with Crippen molar-refractivity contribution < 1.29 is 4.79 Å². The number of likely N-dealkylation sites (N-methyl/N-ethyl adjacent to an activating group) is 1. The number of aryl methyl sites for hydroxylation is 2. The Bertz CT molecular complexity index is 990. The largest absolute Gasteiger partial charge is 0.351 e. The summed E-state index contributed by atoms with van der Waals surface area (Å²) in [7, 11) is 1.95. The summed E-state index contributed by atoms with van der Waals surface area (Å²) in [5.74, 6) is 2.75. The molecule has 0 aliphatic heterocycles. The first kappa shape index (κ1) is 26.5. The molecule has 0 saturated carbocycles. The summed E-state index contributed by atoms with van der Waals surface area (Å²) in [4.78, 5) is 14.0. The van der Waals surface area contributed by atoms with E-state index in [1.807, 2.05) is 36.4 Å². The van der Waals surface area contributed by atoms with Crippen LogP contribution in [0.5, 0.6) is 0 Å². The van der Waals surface area contributed by atoms with Gasteiger partial charge in [-0.2, -0.15) is 0 Å². The molecule has 1 aromatic carbocycles. The number of carbonyl (C=O) groups is 1. The minimum absolute atomic E-state index is 0.0794. The number of benzene rings is 1. The number of allylic oxidation sites excluding steroid dienone is 7. The third-order valence-corrected chi connectivity index (χ3v) is 5.45. The second-order valence-electron chi connectivity index (χ2n) is 7.76. The lowest BCUT2D eigenvalue weighted by atomic mass is 9.87. The first-order valence-corrected chi connectivity index (χ1v) is 10.8. The van der Waals surface area contributed by atoms with Crippen molar-refractivity contribution in [2.45, 2.75) is 45.4 Å². The van der Waals surface area contributed by atoms with E-state index in [-0.39, 0.29) is 11.7 Å². The van der Waals surface area contributed by atoms with Gasteiger partial charge in [-0.3, -0.25) is 4.79 Å². The van der Waals surface area contributed by atoms with Gasteiger partial charge in [-0.15, -0.1) is 12.2 Å². The van der Waals surface area contributed by atoms with Crippen LogP contribution in [0, 0.1) is 26.2 Å². The fourth-order valence-corrected chi connectivity index (χ4v) is 3.33. The van der Waals surface area contributed by atoms with E-state index in [9.17, 15) is 4.79 Å². The summed E-state index contributed by atoms with van der Waals surface area (Å²) < 4.78 is 0. The maximum atomic E-state index is 12.1. The number of nitrogens with zero attached hydrogens (tertiary/aromatic N) is 1. The SMILES string of the molecule is C#C/C=C\C(=C/C=C)N(C)/C=C\C(=C=C)CCCC(CC(=O)C=C)c1ccc(C)c(C)c1. The number of hydrogen-bond donors (Lipinski definition) is 0. The highest BCUT2D eigenvalue weighted by molar-refractivity contribution is 5.89. The van der Waals surface area contributed by atoms with Crippen LogP contribution < -0.4 is 0 Å². The summed E-state index contributed by atoms with van der Waals surface area (Å²) in [5, 5.41) is 0. The van der Waals surface area contributed by atoms with Gasteiger partial charge >= 0.3 is 0 Å². The highest BCUT2D eigenvalue weighted by Gasteiger charge is 2.15. The van der Waals surface area contributed by atoms with Crippen LogP contribution in [-0.4, -0.2) is 17.7 Å². The molecule has 0 spiro atoms. The quantitative estimate of drug-likeness (QED) is 0.145. The van der Waals surface area contributed by atoms with Crippen molar-refractivity contribution in [3.05, 3.63) is 114 Å². The van der Waals surface area contributed by atoms with Crippen molar-refractivity contribution in [3.8, 4) is 12.3 Å². The van der Waals surface area contributed by atoms with Crippen LogP contribution in [0.25, 0.3) is 0 Å². The topological polar surface area (TPSA) is 20.3 Å². The van der Waals surface area contributed by atoms with E-state index in [0.29, 0.717) is 6.42 Å². The summed E-state index contributed by atoms with van der Waals surface area (Å²) in [6.45, 7) is 15.4. The van der Waals surface area contributed by atoms with E-state index in [1.54, 1.807) is 12.2 Å². The van der Waals surface area contributed by atoms with Gasteiger partial charge in [0.15, 0.2) is 5.78 Å². The van der Waals surface area contributed by atoms with Crippen molar-refractivity contribution in [3.63, 3.8) is 0 Å². The van der Waals surface area contributed by atoms with Gasteiger partial charge in [0.25, 0.3) is 0 Å². The smallest absolute Gasteiger partial charge is 0.155 e. The maximum absolute atomic E-state index is 12.1. The Hall–Kier alpha value is -3.53. The summed E-state index contributed by atoms with van der Waals surface area (Å²) >= 11 is 0. The highest BCUT2D eigenvalue weighted by Crippen LogP contribution is 2.28. The summed E-state index contributed by atoms with van der Waals surface area (Å²) in [6.07, 6.45) is 21.0. The van der Waals surface area contributed by atoms with Gasteiger partial charge in [0.1, 0.15) is 0 Å². The molecule has 0 aromatic heterocycles. The van der Waals surface area contributed by atoms with Gasteiger partial charge in [0, 0.05) is 25.4 Å². The molecule has 0 bridgehead atoms. The molecule has 0 aliphatic rings. The van der Waals surface area contributed by atoms with Crippen LogP contribution >= 0.6 is 0 Å². The summed E-state index contributed by atoms with van der Waals surface area (Å²) in [6, 6.07) is 6.47. The molecular weight excluding hydrogens is 390 g/mol. The fourth-order valence-electron chi connectivity index (χ4n) is 3.33. The van der Waals surface area contributed by atoms with Crippen LogP contribution in [0.15, 0.2) is 97.6 Å². The van der Waals surface area contributed by atoms with E-state index >= 15 is 0 Å². The van der Waals surface area contributed by atoms with E-state index in [0.717, 1.165) is 30.5 Å². The molecule has 1 rings (SSSR count).